The Labute approximate surface area is 243 Å². The van der Waals surface area contributed by atoms with E-state index in [9.17, 15) is 14.0 Å². The fourth-order valence-electron chi connectivity index (χ4n) is 4.61. The molecular formula is C29H25BrClFN4O4. The average Bonchev–Trinajstić information content (AvgIpc) is 3.29. The molecule has 3 heterocycles. The largest absolute Gasteiger partial charge is 0.494 e. The molecule has 206 valence electrons. The predicted octanol–water partition coefficient (Wildman–Crippen LogP) is 5.53. The summed E-state index contributed by atoms with van der Waals surface area (Å²) in [6.45, 7) is 3.94. The number of fused-ring (bicyclic) bond motifs is 2. The van der Waals surface area contributed by atoms with Crippen LogP contribution in [0.4, 0.5) is 4.39 Å². The van der Waals surface area contributed by atoms with Crippen LogP contribution in [0.5, 0.6) is 11.5 Å². The van der Waals surface area contributed by atoms with Crippen LogP contribution in [-0.4, -0.2) is 42.0 Å². The number of nitrogens with one attached hydrogen (secondary N) is 1. The highest BCUT2D eigenvalue weighted by Gasteiger charge is 2.44. The molecule has 2 aromatic heterocycles. The number of pyridine rings is 2. The number of halogens is 3. The standard InChI is InChI=1S/C29H25BrClFN4O4/c1-14(12-34-27(37)17-8-16-9-20(30)26(31)36-23(16)22(10-17)39-3)21-11-19-25(40-13-29(19,2)28(33)38)24(35-21)15-4-6-18(32)7-5-15/h4-11,14H,12-13H2,1-3H3,(H2,33,38)(H,34,37)/t14-,29+/m1/s1. The van der Waals surface area contributed by atoms with Gasteiger partial charge in [0.05, 0.1) is 11.6 Å². The Morgan fingerprint density at radius 2 is 1.95 bits per heavy atom. The monoisotopic (exact) mass is 626 g/mol. The zero-order valence-electron chi connectivity index (χ0n) is 21.8. The van der Waals surface area contributed by atoms with Gasteiger partial charge in [0.1, 0.15) is 45.7 Å². The predicted molar refractivity (Wildman–Crippen MR) is 153 cm³/mol. The van der Waals surface area contributed by atoms with Gasteiger partial charge in [0.15, 0.2) is 0 Å². The molecule has 1 aliphatic rings. The van der Waals surface area contributed by atoms with E-state index in [2.05, 4.69) is 26.2 Å². The Morgan fingerprint density at radius 3 is 2.62 bits per heavy atom. The summed E-state index contributed by atoms with van der Waals surface area (Å²) in [6, 6.07) is 12.8. The number of carbonyl (C=O) groups is 2. The van der Waals surface area contributed by atoms with Crippen molar-refractivity contribution in [3.05, 3.63) is 80.8 Å². The van der Waals surface area contributed by atoms with E-state index in [1.807, 2.05) is 6.92 Å². The van der Waals surface area contributed by atoms with Crippen molar-refractivity contribution in [1.82, 2.24) is 15.3 Å². The number of benzene rings is 2. The number of aromatic nitrogens is 2. The molecule has 0 unspecified atom stereocenters. The van der Waals surface area contributed by atoms with Crippen molar-refractivity contribution >= 4 is 50.2 Å². The first-order chi connectivity index (χ1) is 19.0. The second kappa shape index (κ2) is 10.7. The third-order valence-electron chi connectivity index (χ3n) is 7.10. The van der Waals surface area contributed by atoms with Gasteiger partial charge < -0.3 is 20.5 Å². The zero-order valence-corrected chi connectivity index (χ0v) is 24.2. The lowest BCUT2D eigenvalue weighted by atomic mass is 9.82. The fourth-order valence-corrected chi connectivity index (χ4v) is 5.08. The minimum Gasteiger partial charge on any atom is -0.494 e. The van der Waals surface area contributed by atoms with Gasteiger partial charge in [0, 0.05) is 40.2 Å². The number of rotatable bonds is 7. The normalized spacial score (nSPS) is 16.8. The highest BCUT2D eigenvalue weighted by atomic mass is 79.9. The Kier molecular flexibility index (Phi) is 7.41. The smallest absolute Gasteiger partial charge is 0.251 e. The zero-order chi connectivity index (χ0) is 28.8. The molecule has 2 aromatic carbocycles. The number of hydrogen-bond acceptors (Lipinski definition) is 6. The van der Waals surface area contributed by atoms with Gasteiger partial charge in [0.25, 0.3) is 5.91 Å². The van der Waals surface area contributed by atoms with Gasteiger partial charge in [-0.2, -0.15) is 0 Å². The van der Waals surface area contributed by atoms with E-state index in [-0.39, 0.29) is 35.9 Å². The first-order valence-corrected chi connectivity index (χ1v) is 13.5. The fraction of sp³-hybridized carbons (Fsp3) is 0.241. The summed E-state index contributed by atoms with van der Waals surface area (Å²) in [6.07, 6.45) is 0. The first kappa shape index (κ1) is 27.8. The van der Waals surface area contributed by atoms with Crippen molar-refractivity contribution < 1.29 is 23.5 Å². The van der Waals surface area contributed by atoms with Crippen LogP contribution in [0.3, 0.4) is 0 Å². The Bertz CT molecular complexity index is 1670. The van der Waals surface area contributed by atoms with E-state index < -0.39 is 11.3 Å². The van der Waals surface area contributed by atoms with Crippen LogP contribution in [0.2, 0.25) is 5.15 Å². The van der Waals surface area contributed by atoms with Crippen LogP contribution in [0.15, 0.2) is 53.0 Å². The van der Waals surface area contributed by atoms with Gasteiger partial charge in [-0.05, 0) is 71.4 Å². The molecule has 2 amide bonds. The lowest BCUT2D eigenvalue weighted by molar-refractivity contribution is -0.123. The number of ether oxygens (including phenoxy) is 2. The van der Waals surface area contributed by atoms with E-state index in [0.717, 1.165) is 0 Å². The summed E-state index contributed by atoms with van der Waals surface area (Å²) < 4.78 is 25.6. The van der Waals surface area contributed by atoms with E-state index in [0.29, 0.717) is 55.0 Å². The maximum absolute atomic E-state index is 13.6. The molecule has 3 N–H and O–H groups in total. The van der Waals surface area contributed by atoms with Crippen molar-refractivity contribution in [3.63, 3.8) is 0 Å². The summed E-state index contributed by atoms with van der Waals surface area (Å²) >= 11 is 9.51. The Hall–Kier alpha value is -3.76. The van der Waals surface area contributed by atoms with E-state index >= 15 is 0 Å². The van der Waals surface area contributed by atoms with Crippen molar-refractivity contribution in [1.29, 1.82) is 0 Å². The average molecular weight is 628 g/mol. The number of nitrogens with zero attached hydrogens (tertiary/aromatic N) is 2. The van der Waals surface area contributed by atoms with Gasteiger partial charge in [-0.3, -0.25) is 9.59 Å². The maximum atomic E-state index is 13.6. The summed E-state index contributed by atoms with van der Waals surface area (Å²) in [7, 11) is 1.50. The number of primary amides is 1. The molecule has 0 saturated carbocycles. The van der Waals surface area contributed by atoms with Gasteiger partial charge in [-0.1, -0.05) is 18.5 Å². The van der Waals surface area contributed by atoms with Crippen LogP contribution in [-0.2, 0) is 10.2 Å². The van der Waals surface area contributed by atoms with Crippen LogP contribution in [0.25, 0.3) is 22.2 Å². The van der Waals surface area contributed by atoms with Crippen LogP contribution in [0.1, 0.15) is 41.4 Å². The molecule has 0 spiro atoms. The van der Waals surface area contributed by atoms with Crippen molar-refractivity contribution in [2.45, 2.75) is 25.2 Å². The quantitative estimate of drug-likeness (QED) is 0.260. The topological polar surface area (TPSA) is 116 Å². The summed E-state index contributed by atoms with van der Waals surface area (Å²) in [5.41, 5.74) is 7.96. The minimum atomic E-state index is -1.06. The number of hydrogen-bond donors (Lipinski definition) is 2. The lowest BCUT2D eigenvalue weighted by Crippen LogP contribution is -2.39. The van der Waals surface area contributed by atoms with Gasteiger partial charge in [0.2, 0.25) is 5.91 Å². The minimum absolute atomic E-state index is 0.0715. The molecule has 1 aliphatic heterocycles. The molecule has 4 aromatic rings. The highest BCUT2D eigenvalue weighted by molar-refractivity contribution is 9.10. The van der Waals surface area contributed by atoms with Crippen molar-refractivity contribution in [3.8, 4) is 22.8 Å². The van der Waals surface area contributed by atoms with E-state index in [1.165, 1.54) is 19.2 Å². The third-order valence-corrected chi connectivity index (χ3v) is 8.22. The second-order valence-electron chi connectivity index (χ2n) is 9.89. The van der Waals surface area contributed by atoms with Crippen LogP contribution < -0.4 is 20.5 Å². The second-order valence-corrected chi connectivity index (χ2v) is 11.1. The molecule has 0 radical (unpaired) electrons. The van der Waals surface area contributed by atoms with Gasteiger partial charge >= 0.3 is 0 Å². The van der Waals surface area contributed by atoms with Gasteiger partial charge in [-0.15, -0.1) is 0 Å². The van der Waals surface area contributed by atoms with Gasteiger partial charge in [-0.25, -0.2) is 14.4 Å². The van der Waals surface area contributed by atoms with E-state index in [1.54, 1.807) is 43.3 Å². The molecule has 0 saturated heterocycles. The Balaban J connectivity index is 1.45. The van der Waals surface area contributed by atoms with Crippen molar-refractivity contribution in [2.75, 3.05) is 20.3 Å². The molecular weight excluding hydrogens is 603 g/mol. The number of nitrogens with two attached hydrogens (primary N) is 1. The summed E-state index contributed by atoms with van der Waals surface area (Å²) in [5, 5.41) is 3.92. The lowest BCUT2D eigenvalue weighted by Gasteiger charge is -2.20. The molecule has 0 bridgehead atoms. The molecule has 8 nitrogen and oxygen atoms in total. The molecule has 40 heavy (non-hydrogen) atoms. The molecule has 2 atom stereocenters. The SMILES string of the molecule is COc1cc(C(=O)NC[C@@H](C)c2cc3c(c(-c4ccc(F)cc4)n2)OC[C@]3(C)C(N)=O)cc2cc(Br)c(Cl)nc12. The van der Waals surface area contributed by atoms with E-state index in [4.69, 9.17) is 31.8 Å². The maximum Gasteiger partial charge on any atom is 0.251 e. The van der Waals surface area contributed by atoms with Crippen molar-refractivity contribution in [2.24, 2.45) is 5.73 Å². The molecule has 5 rings (SSSR count). The van der Waals surface area contributed by atoms with Crippen LogP contribution >= 0.6 is 27.5 Å². The molecule has 11 heteroatoms. The molecule has 0 fully saturated rings. The number of methoxy groups -OCH3 is 1. The number of carbonyl (C=O) groups excluding carboxylic acids is 2. The molecule has 0 aliphatic carbocycles. The highest BCUT2D eigenvalue weighted by Crippen LogP contribution is 2.45. The summed E-state index contributed by atoms with van der Waals surface area (Å²) in [5.74, 6) is -0.628. The van der Waals surface area contributed by atoms with Crippen LogP contribution in [0, 0.1) is 5.82 Å². The number of amides is 2. The summed E-state index contributed by atoms with van der Waals surface area (Å²) in [4.78, 5) is 34.7. The Morgan fingerprint density at radius 1 is 1.23 bits per heavy atom. The first-order valence-electron chi connectivity index (χ1n) is 12.4. The third kappa shape index (κ3) is 4.97.